The molecule has 0 aliphatic carbocycles. The van der Waals surface area contributed by atoms with Crippen molar-refractivity contribution in [1.82, 2.24) is 5.32 Å². The van der Waals surface area contributed by atoms with Gasteiger partial charge in [0.2, 0.25) is 5.91 Å². The van der Waals surface area contributed by atoms with Gasteiger partial charge < -0.3 is 19.5 Å². The topological polar surface area (TPSA) is 108 Å². The molecule has 0 radical (unpaired) electrons. The van der Waals surface area contributed by atoms with Gasteiger partial charge in [0.15, 0.2) is 11.5 Å². The van der Waals surface area contributed by atoms with Crippen LogP contribution in [0.5, 0.6) is 11.5 Å². The van der Waals surface area contributed by atoms with Gasteiger partial charge in [-0.1, -0.05) is 6.07 Å². The van der Waals surface area contributed by atoms with Crippen LogP contribution in [0.25, 0.3) is 0 Å². The number of esters is 3. The molecule has 1 rings (SSSR count). The van der Waals surface area contributed by atoms with Gasteiger partial charge in [-0.2, -0.15) is 0 Å². The first-order valence-electron chi connectivity index (χ1n) is 7.44. The van der Waals surface area contributed by atoms with Gasteiger partial charge in [-0.25, -0.2) is 4.79 Å². The van der Waals surface area contributed by atoms with E-state index in [9.17, 15) is 19.2 Å². The molecule has 1 amide bonds. The third kappa shape index (κ3) is 5.91. The number of carbonyl (C=O) groups is 4. The standard InChI is InChI=1S/C17H21NO7/c1-10(19)18-17(4,16(22)23-5)9-13-6-7-14(24-11(2)20)15(8-13)25-12(3)21/h6-8H,9H2,1-5H3,(H,18,19)/t17-/m0/s1. The summed E-state index contributed by atoms with van der Waals surface area (Å²) in [7, 11) is 1.22. The zero-order valence-electron chi connectivity index (χ0n) is 14.8. The number of rotatable bonds is 6. The summed E-state index contributed by atoms with van der Waals surface area (Å²) < 4.78 is 14.8. The van der Waals surface area contributed by atoms with Crippen LogP contribution in [-0.2, 0) is 30.3 Å². The summed E-state index contributed by atoms with van der Waals surface area (Å²) >= 11 is 0. The Kier molecular flexibility index (Phi) is 6.67. The first kappa shape index (κ1) is 20.1. The number of hydrogen-bond acceptors (Lipinski definition) is 7. The highest BCUT2D eigenvalue weighted by atomic mass is 16.6. The smallest absolute Gasteiger partial charge is 0.331 e. The van der Waals surface area contributed by atoms with E-state index in [0.29, 0.717) is 5.56 Å². The quantitative estimate of drug-likeness (QED) is 0.605. The van der Waals surface area contributed by atoms with Gasteiger partial charge in [0.25, 0.3) is 0 Å². The van der Waals surface area contributed by atoms with E-state index in [0.717, 1.165) is 0 Å². The highest BCUT2D eigenvalue weighted by Gasteiger charge is 2.35. The molecule has 0 aromatic heterocycles. The molecule has 0 saturated carbocycles. The van der Waals surface area contributed by atoms with Crippen LogP contribution >= 0.6 is 0 Å². The van der Waals surface area contributed by atoms with Crippen molar-refractivity contribution in [2.75, 3.05) is 7.11 Å². The van der Waals surface area contributed by atoms with Crippen LogP contribution in [0, 0.1) is 0 Å². The minimum absolute atomic E-state index is 0.0373. The van der Waals surface area contributed by atoms with Crippen molar-refractivity contribution < 1.29 is 33.4 Å². The van der Waals surface area contributed by atoms with Crippen molar-refractivity contribution in [2.45, 2.75) is 39.7 Å². The molecule has 0 fully saturated rings. The lowest BCUT2D eigenvalue weighted by molar-refractivity contribution is -0.150. The summed E-state index contributed by atoms with van der Waals surface area (Å²) in [5, 5.41) is 2.56. The van der Waals surface area contributed by atoms with Crippen molar-refractivity contribution in [1.29, 1.82) is 0 Å². The molecule has 25 heavy (non-hydrogen) atoms. The molecule has 0 aliphatic heterocycles. The highest BCUT2D eigenvalue weighted by Crippen LogP contribution is 2.30. The molecule has 1 aromatic carbocycles. The molecule has 0 unspecified atom stereocenters. The largest absolute Gasteiger partial charge is 0.467 e. The van der Waals surface area contributed by atoms with Crippen molar-refractivity contribution in [3.63, 3.8) is 0 Å². The summed E-state index contributed by atoms with van der Waals surface area (Å²) in [5.74, 6) is -2.08. The molecule has 8 heteroatoms. The molecule has 1 aromatic rings. The van der Waals surface area contributed by atoms with E-state index in [1.807, 2.05) is 0 Å². The molecule has 0 saturated heterocycles. The van der Waals surface area contributed by atoms with E-state index in [1.54, 1.807) is 6.07 Å². The second-order valence-corrected chi connectivity index (χ2v) is 5.65. The van der Waals surface area contributed by atoms with Crippen LogP contribution < -0.4 is 14.8 Å². The fourth-order valence-corrected chi connectivity index (χ4v) is 2.33. The predicted octanol–water partition coefficient (Wildman–Crippen LogP) is 1.15. The summed E-state index contributed by atoms with van der Waals surface area (Å²) in [6.07, 6.45) is 0.0773. The lowest BCUT2D eigenvalue weighted by atomic mass is 9.92. The molecule has 8 nitrogen and oxygen atoms in total. The van der Waals surface area contributed by atoms with Gasteiger partial charge in [0.1, 0.15) is 5.54 Å². The number of benzene rings is 1. The van der Waals surface area contributed by atoms with E-state index in [1.165, 1.54) is 46.9 Å². The number of ether oxygens (including phenoxy) is 3. The Morgan fingerprint density at radius 2 is 1.56 bits per heavy atom. The van der Waals surface area contributed by atoms with E-state index in [4.69, 9.17) is 14.2 Å². The summed E-state index contributed by atoms with van der Waals surface area (Å²) in [6, 6.07) is 4.50. The highest BCUT2D eigenvalue weighted by molar-refractivity contribution is 5.87. The van der Waals surface area contributed by atoms with E-state index in [2.05, 4.69) is 5.32 Å². The van der Waals surface area contributed by atoms with E-state index >= 15 is 0 Å². The molecule has 0 aliphatic rings. The zero-order chi connectivity index (χ0) is 19.2. The van der Waals surface area contributed by atoms with Gasteiger partial charge in [0, 0.05) is 27.2 Å². The Bertz CT molecular complexity index is 698. The van der Waals surface area contributed by atoms with Crippen LogP contribution in [0.1, 0.15) is 33.3 Å². The Balaban J connectivity index is 3.22. The van der Waals surface area contributed by atoms with E-state index < -0.39 is 29.4 Å². The van der Waals surface area contributed by atoms with Gasteiger partial charge in [-0.3, -0.25) is 14.4 Å². The monoisotopic (exact) mass is 351 g/mol. The van der Waals surface area contributed by atoms with Crippen molar-refractivity contribution in [2.24, 2.45) is 0 Å². The lowest BCUT2D eigenvalue weighted by Gasteiger charge is -2.27. The van der Waals surface area contributed by atoms with Gasteiger partial charge in [0.05, 0.1) is 7.11 Å². The fraction of sp³-hybridized carbons (Fsp3) is 0.412. The normalized spacial score (nSPS) is 12.5. The Morgan fingerprint density at radius 1 is 1.00 bits per heavy atom. The van der Waals surface area contributed by atoms with Crippen LogP contribution in [0.3, 0.4) is 0 Å². The number of hydrogen-bond donors (Lipinski definition) is 1. The number of methoxy groups -OCH3 is 1. The number of nitrogens with one attached hydrogen (secondary N) is 1. The second kappa shape index (κ2) is 8.27. The maximum atomic E-state index is 12.1. The van der Waals surface area contributed by atoms with Gasteiger partial charge >= 0.3 is 17.9 Å². The fourth-order valence-electron chi connectivity index (χ4n) is 2.33. The molecule has 0 bridgehead atoms. The third-order valence-electron chi connectivity index (χ3n) is 3.16. The zero-order valence-corrected chi connectivity index (χ0v) is 14.8. The Morgan fingerprint density at radius 3 is 2.04 bits per heavy atom. The van der Waals surface area contributed by atoms with Crippen LogP contribution in [0.2, 0.25) is 0 Å². The molecule has 1 N–H and O–H groups in total. The molecule has 0 heterocycles. The maximum absolute atomic E-state index is 12.1. The Hall–Kier alpha value is -2.90. The molecule has 136 valence electrons. The van der Waals surface area contributed by atoms with Crippen LogP contribution in [-0.4, -0.2) is 36.5 Å². The lowest BCUT2D eigenvalue weighted by Crippen LogP contribution is -2.53. The SMILES string of the molecule is COC(=O)[C@](C)(Cc1ccc(OC(C)=O)c(OC(C)=O)c1)NC(C)=O. The third-order valence-corrected chi connectivity index (χ3v) is 3.16. The molecular formula is C17H21NO7. The van der Waals surface area contributed by atoms with Crippen LogP contribution in [0.15, 0.2) is 18.2 Å². The van der Waals surface area contributed by atoms with Gasteiger partial charge in [-0.05, 0) is 24.6 Å². The summed E-state index contributed by atoms with van der Waals surface area (Å²) in [6.45, 7) is 5.23. The first-order chi connectivity index (χ1) is 11.6. The summed E-state index contributed by atoms with van der Waals surface area (Å²) in [4.78, 5) is 45.9. The number of amides is 1. The summed E-state index contributed by atoms with van der Waals surface area (Å²) in [5.41, 5.74) is -0.745. The van der Waals surface area contributed by atoms with Crippen molar-refractivity contribution in [3.8, 4) is 11.5 Å². The Labute approximate surface area is 145 Å². The molecular weight excluding hydrogens is 330 g/mol. The molecule has 0 spiro atoms. The average Bonchev–Trinajstić information content (AvgIpc) is 2.47. The molecule has 1 atom stereocenters. The predicted molar refractivity (Wildman–Crippen MR) is 87.0 cm³/mol. The first-order valence-corrected chi connectivity index (χ1v) is 7.44. The maximum Gasteiger partial charge on any atom is 0.331 e. The van der Waals surface area contributed by atoms with Crippen molar-refractivity contribution in [3.05, 3.63) is 23.8 Å². The average molecular weight is 351 g/mol. The van der Waals surface area contributed by atoms with Gasteiger partial charge in [-0.15, -0.1) is 0 Å². The van der Waals surface area contributed by atoms with E-state index in [-0.39, 0.29) is 17.9 Å². The number of carbonyl (C=O) groups excluding carboxylic acids is 4. The minimum atomic E-state index is -1.31. The minimum Gasteiger partial charge on any atom is -0.467 e. The second-order valence-electron chi connectivity index (χ2n) is 5.65. The van der Waals surface area contributed by atoms with Crippen molar-refractivity contribution >= 4 is 23.8 Å². The van der Waals surface area contributed by atoms with Crippen LogP contribution in [0.4, 0.5) is 0 Å².